The van der Waals surface area contributed by atoms with Crippen LogP contribution in [0, 0.1) is 11.6 Å². The van der Waals surface area contributed by atoms with Gasteiger partial charge in [-0.15, -0.1) is 12.4 Å². The Labute approximate surface area is 116 Å². The van der Waals surface area contributed by atoms with Crippen LogP contribution in [0.5, 0.6) is 0 Å². The molecule has 3 N–H and O–H groups in total. The fraction of sp³-hybridized carbons (Fsp3) is 0.500. The second-order valence-corrected chi connectivity index (χ2v) is 4.27. The van der Waals surface area contributed by atoms with E-state index in [4.69, 9.17) is 5.11 Å². The van der Waals surface area contributed by atoms with Crippen molar-refractivity contribution in [3.8, 4) is 0 Å². The summed E-state index contributed by atoms with van der Waals surface area (Å²) in [5.41, 5.74) is -0.0169. The summed E-state index contributed by atoms with van der Waals surface area (Å²) >= 11 is 0. The first kappa shape index (κ1) is 16.1. The topological polar surface area (TPSA) is 55.7 Å². The van der Waals surface area contributed by atoms with Crippen molar-refractivity contribution in [2.24, 2.45) is 0 Å². The van der Waals surface area contributed by atoms with Crippen molar-refractivity contribution >= 4 is 18.1 Å². The summed E-state index contributed by atoms with van der Waals surface area (Å²) in [6.45, 7) is 1.87. The molecular formula is C12H17ClF2N2O2. The summed E-state index contributed by atoms with van der Waals surface area (Å²) in [6, 6.07) is 2.14. The fourth-order valence-corrected chi connectivity index (χ4v) is 2.07. The van der Waals surface area contributed by atoms with Gasteiger partial charge in [-0.1, -0.05) is 0 Å². The van der Waals surface area contributed by atoms with Gasteiger partial charge < -0.3 is 20.4 Å². The summed E-state index contributed by atoms with van der Waals surface area (Å²) in [4.78, 5) is 1.64. The van der Waals surface area contributed by atoms with E-state index < -0.39 is 24.3 Å². The number of nitrogens with zero attached hydrogens (tertiary/aromatic N) is 1. The number of benzene rings is 1. The molecule has 1 unspecified atom stereocenters. The number of hydrogen-bond acceptors (Lipinski definition) is 4. The van der Waals surface area contributed by atoms with Crippen molar-refractivity contribution in [3.63, 3.8) is 0 Å². The molecule has 0 aromatic heterocycles. The van der Waals surface area contributed by atoms with E-state index in [0.29, 0.717) is 26.2 Å². The van der Waals surface area contributed by atoms with Gasteiger partial charge in [0.2, 0.25) is 0 Å². The first-order chi connectivity index (χ1) is 8.63. The summed E-state index contributed by atoms with van der Waals surface area (Å²) in [5, 5.41) is 21.2. The molecule has 0 radical (unpaired) electrons. The van der Waals surface area contributed by atoms with Gasteiger partial charge in [0.05, 0.1) is 6.61 Å². The smallest absolute Gasteiger partial charge is 0.149 e. The molecule has 0 saturated carbocycles. The molecule has 2 rings (SSSR count). The number of anilines is 1. The molecule has 1 aromatic rings. The van der Waals surface area contributed by atoms with Gasteiger partial charge in [0.1, 0.15) is 23.4 Å². The Morgan fingerprint density at radius 1 is 1.21 bits per heavy atom. The van der Waals surface area contributed by atoms with Crippen LogP contribution in [0.2, 0.25) is 0 Å². The number of hydrogen-bond donors (Lipinski definition) is 3. The number of halogens is 3. The first-order valence-corrected chi connectivity index (χ1v) is 5.87. The van der Waals surface area contributed by atoms with Gasteiger partial charge in [-0.05, 0) is 17.7 Å². The summed E-state index contributed by atoms with van der Waals surface area (Å²) in [6.07, 6.45) is -1.26. The zero-order valence-electron chi connectivity index (χ0n) is 10.3. The van der Waals surface area contributed by atoms with Gasteiger partial charge in [0, 0.05) is 26.2 Å². The Morgan fingerprint density at radius 2 is 1.74 bits per heavy atom. The predicted molar refractivity (Wildman–Crippen MR) is 70.7 cm³/mol. The summed E-state index contributed by atoms with van der Waals surface area (Å²) in [7, 11) is 0. The zero-order chi connectivity index (χ0) is 13.1. The molecule has 1 aromatic carbocycles. The van der Waals surface area contributed by atoms with Crippen molar-refractivity contribution in [1.29, 1.82) is 0 Å². The minimum atomic E-state index is -1.26. The lowest BCUT2D eigenvalue weighted by molar-refractivity contribution is 0.0951. The highest BCUT2D eigenvalue weighted by Gasteiger charge is 2.21. The first-order valence-electron chi connectivity index (χ1n) is 5.87. The molecule has 0 amide bonds. The van der Waals surface area contributed by atoms with E-state index in [9.17, 15) is 13.9 Å². The number of aliphatic hydroxyl groups is 2. The summed E-state index contributed by atoms with van der Waals surface area (Å²) < 4.78 is 27.8. The van der Waals surface area contributed by atoms with Crippen LogP contribution in [0.25, 0.3) is 0 Å². The minimum absolute atomic E-state index is 0. The van der Waals surface area contributed by atoms with E-state index in [0.717, 1.165) is 12.1 Å². The van der Waals surface area contributed by atoms with Crippen LogP contribution in [0.1, 0.15) is 11.7 Å². The molecule has 1 heterocycles. The lowest BCUT2D eigenvalue weighted by atomic mass is 10.1. The average molecular weight is 295 g/mol. The molecule has 1 atom stereocenters. The van der Waals surface area contributed by atoms with Crippen molar-refractivity contribution in [1.82, 2.24) is 5.32 Å². The Morgan fingerprint density at radius 3 is 2.21 bits per heavy atom. The van der Waals surface area contributed by atoms with Gasteiger partial charge in [-0.2, -0.15) is 0 Å². The molecule has 7 heteroatoms. The maximum absolute atomic E-state index is 13.9. The maximum atomic E-state index is 13.9. The molecule has 1 aliphatic rings. The van der Waals surface area contributed by atoms with Crippen LogP contribution in [-0.4, -0.2) is 43.0 Å². The monoisotopic (exact) mass is 294 g/mol. The van der Waals surface area contributed by atoms with Gasteiger partial charge in [0.15, 0.2) is 0 Å². The van der Waals surface area contributed by atoms with Crippen molar-refractivity contribution in [3.05, 3.63) is 29.3 Å². The third-order valence-electron chi connectivity index (χ3n) is 3.03. The highest BCUT2D eigenvalue weighted by atomic mass is 35.5. The number of nitrogens with one attached hydrogen (secondary N) is 1. The minimum Gasteiger partial charge on any atom is -0.393 e. The molecule has 1 fully saturated rings. The lowest BCUT2D eigenvalue weighted by Crippen LogP contribution is -2.44. The third kappa shape index (κ3) is 3.54. The van der Waals surface area contributed by atoms with E-state index in [1.807, 2.05) is 0 Å². The van der Waals surface area contributed by atoms with E-state index >= 15 is 0 Å². The molecule has 19 heavy (non-hydrogen) atoms. The highest BCUT2D eigenvalue weighted by Crippen LogP contribution is 2.27. The second-order valence-electron chi connectivity index (χ2n) is 4.27. The molecule has 1 aliphatic heterocycles. The van der Waals surface area contributed by atoms with Crippen molar-refractivity contribution < 1.29 is 19.0 Å². The van der Waals surface area contributed by atoms with E-state index in [1.54, 1.807) is 4.90 Å². The van der Waals surface area contributed by atoms with Crippen molar-refractivity contribution in [2.75, 3.05) is 37.7 Å². The SMILES string of the molecule is Cl.OCC(O)c1cc(F)c(N2CCNCC2)c(F)c1. The number of aliphatic hydroxyl groups excluding tert-OH is 2. The van der Waals surface area contributed by atoms with E-state index in [1.165, 1.54) is 0 Å². The number of rotatable bonds is 3. The normalized spacial score (nSPS) is 16.9. The van der Waals surface area contributed by atoms with Gasteiger partial charge in [-0.25, -0.2) is 8.78 Å². The van der Waals surface area contributed by atoms with Crippen LogP contribution in [0.3, 0.4) is 0 Å². The van der Waals surface area contributed by atoms with Gasteiger partial charge in [-0.3, -0.25) is 0 Å². The van der Waals surface area contributed by atoms with Crippen LogP contribution >= 0.6 is 12.4 Å². The van der Waals surface area contributed by atoms with Gasteiger partial charge in [0.25, 0.3) is 0 Å². The van der Waals surface area contributed by atoms with Gasteiger partial charge >= 0.3 is 0 Å². The summed E-state index contributed by atoms with van der Waals surface area (Å²) in [5.74, 6) is -1.42. The molecular weight excluding hydrogens is 278 g/mol. The fourth-order valence-electron chi connectivity index (χ4n) is 2.07. The third-order valence-corrected chi connectivity index (χ3v) is 3.03. The Balaban J connectivity index is 0.00000180. The Kier molecular flexibility index (Phi) is 5.93. The second kappa shape index (κ2) is 7.00. The largest absolute Gasteiger partial charge is 0.393 e. The van der Waals surface area contributed by atoms with E-state index in [2.05, 4.69) is 5.32 Å². The molecule has 0 aliphatic carbocycles. The number of piperazine rings is 1. The zero-order valence-corrected chi connectivity index (χ0v) is 11.1. The molecule has 108 valence electrons. The van der Waals surface area contributed by atoms with Crippen LogP contribution in [0.15, 0.2) is 12.1 Å². The Hall–Kier alpha value is -0.950. The van der Waals surface area contributed by atoms with Crippen LogP contribution < -0.4 is 10.2 Å². The van der Waals surface area contributed by atoms with Crippen LogP contribution in [-0.2, 0) is 0 Å². The Bertz CT molecular complexity index is 405. The standard InChI is InChI=1S/C12H16F2N2O2.ClH/c13-9-5-8(11(18)7-17)6-10(14)12(9)16-3-1-15-2-4-16;/h5-6,11,15,17-18H,1-4,7H2;1H. The molecule has 0 spiro atoms. The van der Waals surface area contributed by atoms with Crippen molar-refractivity contribution in [2.45, 2.75) is 6.10 Å². The average Bonchev–Trinajstić information content (AvgIpc) is 2.38. The quantitative estimate of drug-likeness (QED) is 0.773. The lowest BCUT2D eigenvalue weighted by Gasteiger charge is -2.30. The molecule has 0 bridgehead atoms. The maximum Gasteiger partial charge on any atom is 0.149 e. The molecule has 4 nitrogen and oxygen atoms in total. The predicted octanol–water partition coefficient (Wildman–Crippen LogP) is 0.822. The highest BCUT2D eigenvalue weighted by molar-refractivity contribution is 5.85. The van der Waals surface area contributed by atoms with E-state index in [-0.39, 0.29) is 23.7 Å². The molecule has 1 saturated heterocycles. The van der Waals surface area contributed by atoms with Crippen LogP contribution in [0.4, 0.5) is 14.5 Å².